The summed E-state index contributed by atoms with van der Waals surface area (Å²) in [6, 6.07) is 4.05. The summed E-state index contributed by atoms with van der Waals surface area (Å²) in [5.74, 6) is -0.584. The van der Waals surface area contributed by atoms with E-state index >= 15 is 0 Å². The van der Waals surface area contributed by atoms with Gasteiger partial charge in [0, 0.05) is 44.3 Å². The standard InChI is InChI=1S/C17H24F3N3O/c1-12(2)16(24)21-14-5-4-13(15(10-14)17(18,19)20)11-23-8-6-22(3)7-9-23/h4-5,10,12H,6-9,11H2,1-3H3,(H,21,24). The molecule has 24 heavy (non-hydrogen) atoms. The molecule has 1 saturated heterocycles. The first kappa shape index (κ1) is 18.7. The lowest BCUT2D eigenvalue weighted by Crippen LogP contribution is -2.44. The van der Waals surface area contributed by atoms with Gasteiger partial charge < -0.3 is 10.2 Å². The van der Waals surface area contributed by atoms with Crippen LogP contribution >= 0.6 is 0 Å². The number of likely N-dealkylation sites (N-methyl/N-ethyl adjacent to an activating group) is 1. The molecule has 1 aliphatic rings. The van der Waals surface area contributed by atoms with Gasteiger partial charge in [-0.05, 0) is 24.7 Å². The van der Waals surface area contributed by atoms with Gasteiger partial charge in [-0.25, -0.2) is 0 Å². The van der Waals surface area contributed by atoms with Crippen molar-refractivity contribution in [2.24, 2.45) is 5.92 Å². The van der Waals surface area contributed by atoms with E-state index in [9.17, 15) is 18.0 Å². The first-order valence-corrected chi connectivity index (χ1v) is 8.08. The summed E-state index contributed by atoms with van der Waals surface area (Å²) in [5.41, 5.74) is -0.249. The van der Waals surface area contributed by atoms with Crippen molar-refractivity contribution in [3.63, 3.8) is 0 Å². The number of hydrogen-bond acceptors (Lipinski definition) is 3. The third-order valence-electron chi connectivity index (χ3n) is 4.20. The van der Waals surface area contributed by atoms with Crippen molar-refractivity contribution in [2.75, 3.05) is 38.5 Å². The maximum atomic E-state index is 13.4. The lowest BCUT2D eigenvalue weighted by molar-refractivity contribution is -0.138. The minimum Gasteiger partial charge on any atom is -0.326 e. The molecule has 0 aromatic heterocycles. The first-order chi connectivity index (χ1) is 11.2. The van der Waals surface area contributed by atoms with Crippen LogP contribution in [-0.4, -0.2) is 48.9 Å². The molecule has 7 heteroatoms. The highest BCUT2D eigenvalue weighted by molar-refractivity contribution is 5.92. The van der Waals surface area contributed by atoms with Crippen LogP contribution in [0.5, 0.6) is 0 Å². The fourth-order valence-corrected chi connectivity index (χ4v) is 2.59. The van der Waals surface area contributed by atoms with Crippen molar-refractivity contribution in [3.8, 4) is 0 Å². The fraction of sp³-hybridized carbons (Fsp3) is 0.588. The van der Waals surface area contributed by atoms with Crippen molar-refractivity contribution < 1.29 is 18.0 Å². The number of anilines is 1. The minimum absolute atomic E-state index is 0.183. The Kier molecular flexibility index (Phi) is 5.87. The Hall–Kier alpha value is -1.60. The van der Waals surface area contributed by atoms with Gasteiger partial charge >= 0.3 is 6.18 Å². The molecule has 0 spiro atoms. The number of piperazine rings is 1. The monoisotopic (exact) mass is 343 g/mol. The number of halogens is 3. The summed E-state index contributed by atoms with van der Waals surface area (Å²) in [5, 5.41) is 2.53. The van der Waals surface area contributed by atoms with E-state index in [2.05, 4.69) is 10.2 Å². The lowest BCUT2D eigenvalue weighted by Gasteiger charge is -2.33. The Labute approximate surface area is 140 Å². The molecule has 1 amide bonds. The van der Waals surface area contributed by atoms with Gasteiger partial charge in [0.25, 0.3) is 0 Å². The van der Waals surface area contributed by atoms with E-state index in [0.717, 1.165) is 32.2 Å². The normalized spacial score (nSPS) is 17.3. The van der Waals surface area contributed by atoms with Crippen molar-refractivity contribution in [1.82, 2.24) is 9.80 Å². The maximum absolute atomic E-state index is 13.4. The van der Waals surface area contributed by atoms with E-state index in [1.165, 1.54) is 6.07 Å². The van der Waals surface area contributed by atoms with E-state index in [1.807, 2.05) is 11.9 Å². The predicted octanol–water partition coefficient (Wildman–Crippen LogP) is 3.05. The molecule has 4 nitrogen and oxygen atoms in total. The molecule has 1 fully saturated rings. The summed E-state index contributed by atoms with van der Waals surface area (Å²) < 4.78 is 40.2. The zero-order valence-electron chi connectivity index (χ0n) is 14.3. The molecular formula is C17H24F3N3O. The van der Waals surface area contributed by atoms with Gasteiger partial charge in [-0.2, -0.15) is 13.2 Å². The van der Waals surface area contributed by atoms with Gasteiger partial charge in [-0.1, -0.05) is 19.9 Å². The maximum Gasteiger partial charge on any atom is 0.416 e. The highest BCUT2D eigenvalue weighted by atomic mass is 19.4. The molecule has 0 unspecified atom stereocenters. The zero-order valence-corrected chi connectivity index (χ0v) is 14.3. The third kappa shape index (κ3) is 4.95. The number of hydrogen-bond donors (Lipinski definition) is 1. The highest BCUT2D eigenvalue weighted by Gasteiger charge is 2.34. The van der Waals surface area contributed by atoms with Crippen molar-refractivity contribution in [2.45, 2.75) is 26.6 Å². The largest absolute Gasteiger partial charge is 0.416 e. The Morgan fingerprint density at radius 1 is 1.21 bits per heavy atom. The van der Waals surface area contributed by atoms with E-state index in [0.29, 0.717) is 0 Å². The van der Waals surface area contributed by atoms with Crippen LogP contribution < -0.4 is 5.32 Å². The topological polar surface area (TPSA) is 35.6 Å². The van der Waals surface area contributed by atoms with Crippen LogP contribution in [0.1, 0.15) is 25.0 Å². The van der Waals surface area contributed by atoms with Crippen molar-refractivity contribution in [3.05, 3.63) is 29.3 Å². The van der Waals surface area contributed by atoms with Crippen LogP contribution in [0.3, 0.4) is 0 Å². The van der Waals surface area contributed by atoms with Crippen molar-refractivity contribution >= 4 is 11.6 Å². The second-order valence-corrected chi connectivity index (χ2v) is 6.59. The van der Waals surface area contributed by atoms with Crippen LogP contribution in [0.2, 0.25) is 0 Å². The van der Waals surface area contributed by atoms with Crippen LogP contribution in [0, 0.1) is 5.92 Å². The molecule has 1 aromatic rings. The van der Waals surface area contributed by atoms with Gasteiger partial charge in [0.1, 0.15) is 0 Å². The molecule has 0 radical (unpaired) electrons. The molecule has 0 atom stereocenters. The molecule has 1 aliphatic heterocycles. The Balaban J connectivity index is 2.19. The zero-order chi connectivity index (χ0) is 17.9. The number of carbonyl (C=O) groups is 1. The SMILES string of the molecule is CC(C)C(=O)Nc1ccc(CN2CCN(C)CC2)c(C(F)(F)F)c1. The molecule has 0 saturated carbocycles. The fourth-order valence-electron chi connectivity index (χ4n) is 2.59. The molecule has 1 N–H and O–H groups in total. The first-order valence-electron chi connectivity index (χ1n) is 8.08. The average molecular weight is 343 g/mol. The van der Waals surface area contributed by atoms with Crippen LogP contribution in [0.15, 0.2) is 18.2 Å². The second kappa shape index (κ2) is 7.53. The van der Waals surface area contributed by atoms with Gasteiger partial charge in [0.15, 0.2) is 0 Å². The molecule has 1 heterocycles. The predicted molar refractivity (Wildman–Crippen MR) is 87.7 cm³/mol. The number of nitrogens with one attached hydrogen (secondary N) is 1. The van der Waals surface area contributed by atoms with E-state index in [-0.39, 0.29) is 29.6 Å². The number of amides is 1. The number of benzene rings is 1. The van der Waals surface area contributed by atoms with Gasteiger partial charge in [-0.3, -0.25) is 9.69 Å². The summed E-state index contributed by atoms with van der Waals surface area (Å²) in [7, 11) is 2.00. The van der Waals surface area contributed by atoms with Gasteiger partial charge in [0.2, 0.25) is 5.91 Å². The summed E-state index contributed by atoms with van der Waals surface area (Å²) in [6.45, 7) is 6.86. The Morgan fingerprint density at radius 3 is 2.38 bits per heavy atom. The van der Waals surface area contributed by atoms with E-state index < -0.39 is 11.7 Å². The van der Waals surface area contributed by atoms with Crippen molar-refractivity contribution in [1.29, 1.82) is 0 Å². The number of alkyl halides is 3. The molecule has 1 aromatic carbocycles. The molecule has 2 rings (SSSR count). The Morgan fingerprint density at radius 2 is 1.83 bits per heavy atom. The number of carbonyl (C=O) groups excluding carboxylic acids is 1. The molecule has 0 aliphatic carbocycles. The average Bonchev–Trinajstić information content (AvgIpc) is 2.49. The van der Waals surface area contributed by atoms with Gasteiger partial charge in [-0.15, -0.1) is 0 Å². The smallest absolute Gasteiger partial charge is 0.326 e. The van der Waals surface area contributed by atoms with E-state index in [4.69, 9.17) is 0 Å². The Bertz CT molecular complexity index is 579. The number of nitrogens with zero attached hydrogens (tertiary/aromatic N) is 2. The molecule has 0 bridgehead atoms. The highest BCUT2D eigenvalue weighted by Crippen LogP contribution is 2.34. The van der Waals surface area contributed by atoms with Crippen LogP contribution in [0.4, 0.5) is 18.9 Å². The molecular weight excluding hydrogens is 319 g/mol. The van der Waals surface area contributed by atoms with Gasteiger partial charge in [0.05, 0.1) is 5.56 Å². The second-order valence-electron chi connectivity index (χ2n) is 6.59. The quantitative estimate of drug-likeness (QED) is 0.913. The summed E-state index contributed by atoms with van der Waals surface area (Å²) in [6.07, 6.45) is -4.44. The molecule has 134 valence electrons. The number of rotatable bonds is 4. The van der Waals surface area contributed by atoms with Crippen LogP contribution in [0.25, 0.3) is 0 Å². The van der Waals surface area contributed by atoms with Crippen LogP contribution in [-0.2, 0) is 17.5 Å². The lowest BCUT2D eigenvalue weighted by atomic mass is 10.0. The van der Waals surface area contributed by atoms with E-state index in [1.54, 1.807) is 19.9 Å². The third-order valence-corrected chi connectivity index (χ3v) is 4.20. The minimum atomic E-state index is -4.44. The summed E-state index contributed by atoms with van der Waals surface area (Å²) in [4.78, 5) is 15.9. The summed E-state index contributed by atoms with van der Waals surface area (Å²) >= 11 is 0.